The van der Waals surface area contributed by atoms with Gasteiger partial charge in [-0.2, -0.15) is 5.26 Å². The Kier molecular flexibility index (Phi) is 7.42. The van der Waals surface area contributed by atoms with Crippen LogP contribution in [0.3, 0.4) is 0 Å². The highest BCUT2D eigenvalue weighted by Gasteiger charge is 2.27. The summed E-state index contributed by atoms with van der Waals surface area (Å²) in [5.41, 5.74) is 3.99. The normalized spacial score (nSPS) is 14.5. The summed E-state index contributed by atoms with van der Waals surface area (Å²) in [4.78, 5) is 26.6. The third-order valence-corrected chi connectivity index (χ3v) is 6.52. The zero-order valence-corrected chi connectivity index (χ0v) is 19.9. The molecule has 3 aromatic rings. The maximum Gasteiger partial charge on any atom is 0.253 e. The van der Waals surface area contributed by atoms with Crippen molar-refractivity contribution in [1.82, 2.24) is 9.88 Å². The van der Waals surface area contributed by atoms with E-state index in [4.69, 9.17) is 10.00 Å². The number of ketones is 1. The zero-order valence-electron chi connectivity index (χ0n) is 19.9. The Balaban J connectivity index is 1.56. The number of carbonyl (C=O) groups excluding carboxylic acids is 2. The lowest BCUT2D eigenvalue weighted by atomic mass is 9.94. The molecule has 0 unspecified atom stereocenters. The van der Waals surface area contributed by atoms with Gasteiger partial charge in [-0.25, -0.2) is 4.39 Å². The van der Waals surface area contributed by atoms with Crippen LogP contribution in [0.25, 0.3) is 0 Å². The molecule has 0 spiro atoms. The summed E-state index contributed by atoms with van der Waals surface area (Å²) < 4.78 is 20.8. The van der Waals surface area contributed by atoms with Gasteiger partial charge in [0.2, 0.25) is 0 Å². The summed E-state index contributed by atoms with van der Waals surface area (Å²) in [6, 6.07) is 16.9. The van der Waals surface area contributed by atoms with Crippen LogP contribution in [0, 0.1) is 17.1 Å². The Hall–Kier alpha value is -3.76. The first-order chi connectivity index (χ1) is 16.9. The molecule has 2 atom stereocenters. The van der Waals surface area contributed by atoms with Crippen molar-refractivity contribution in [2.45, 2.75) is 51.8 Å². The molecule has 6 nitrogen and oxygen atoms in total. The van der Waals surface area contributed by atoms with Gasteiger partial charge in [-0.1, -0.05) is 38.1 Å². The van der Waals surface area contributed by atoms with E-state index in [1.54, 1.807) is 30.3 Å². The van der Waals surface area contributed by atoms with E-state index in [0.717, 1.165) is 11.1 Å². The largest absolute Gasteiger partial charge is 0.373 e. The van der Waals surface area contributed by atoms with Crippen molar-refractivity contribution >= 4 is 11.7 Å². The number of aromatic nitrogens is 1. The van der Waals surface area contributed by atoms with Crippen LogP contribution in [-0.4, -0.2) is 22.9 Å². The Labute approximate surface area is 204 Å². The standard InChI is InChI=1S/C28H28FN3O3/c1-3-24(21-6-4-19(16-30)5-7-21)31-28(34)23-15-25(32-12-13-35-17-26(23)32)27(33)14-18(2)20-8-10-22(29)11-9-20/h4-11,15,18,24H,3,12-14,17H2,1-2H3,(H,31,34)/t18-,24+/m0/s1. The van der Waals surface area contributed by atoms with E-state index in [0.29, 0.717) is 42.1 Å². The second-order valence-electron chi connectivity index (χ2n) is 8.84. The van der Waals surface area contributed by atoms with Crippen LogP contribution in [-0.2, 0) is 17.9 Å². The third kappa shape index (κ3) is 5.33. The molecule has 0 radical (unpaired) electrons. The molecule has 0 bridgehead atoms. The van der Waals surface area contributed by atoms with E-state index >= 15 is 0 Å². The molecule has 1 aliphatic heterocycles. The molecular formula is C28H28FN3O3. The molecule has 0 saturated heterocycles. The average molecular weight is 474 g/mol. The number of ether oxygens (including phenoxy) is 1. The van der Waals surface area contributed by atoms with Crippen molar-refractivity contribution in [2.75, 3.05) is 6.61 Å². The van der Waals surface area contributed by atoms with Crippen LogP contribution in [0.2, 0.25) is 0 Å². The van der Waals surface area contributed by atoms with Gasteiger partial charge >= 0.3 is 0 Å². The SMILES string of the molecule is CC[C@@H](NC(=O)c1cc(C(=O)C[C@H](C)c2ccc(F)cc2)n2c1COCC2)c1ccc(C#N)cc1. The Bertz CT molecular complexity index is 1260. The molecule has 35 heavy (non-hydrogen) atoms. The summed E-state index contributed by atoms with van der Waals surface area (Å²) in [7, 11) is 0. The minimum atomic E-state index is -0.310. The molecule has 0 saturated carbocycles. The first kappa shape index (κ1) is 24.4. The van der Waals surface area contributed by atoms with Crippen molar-refractivity contribution in [3.63, 3.8) is 0 Å². The van der Waals surface area contributed by atoms with Crippen LogP contribution in [0.4, 0.5) is 4.39 Å². The van der Waals surface area contributed by atoms with Gasteiger partial charge in [0.05, 0.1) is 47.8 Å². The van der Waals surface area contributed by atoms with Crippen molar-refractivity contribution in [3.05, 3.63) is 94.1 Å². The van der Waals surface area contributed by atoms with Crippen LogP contribution in [0.15, 0.2) is 54.6 Å². The van der Waals surface area contributed by atoms with Gasteiger partial charge < -0.3 is 14.6 Å². The van der Waals surface area contributed by atoms with E-state index in [-0.39, 0.29) is 42.5 Å². The summed E-state index contributed by atoms with van der Waals surface area (Å²) in [5, 5.41) is 12.1. The molecule has 2 heterocycles. The fourth-order valence-electron chi connectivity index (χ4n) is 4.49. The summed E-state index contributed by atoms with van der Waals surface area (Å²) in [5.74, 6) is -0.730. The molecule has 2 aromatic carbocycles. The number of halogens is 1. The van der Waals surface area contributed by atoms with Crippen LogP contribution in [0.1, 0.15) is 81.9 Å². The number of hydrogen-bond acceptors (Lipinski definition) is 4. The van der Waals surface area contributed by atoms with Gasteiger partial charge in [-0.15, -0.1) is 0 Å². The predicted molar refractivity (Wildman–Crippen MR) is 130 cm³/mol. The maximum atomic E-state index is 13.3. The molecule has 1 N–H and O–H groups in total. The Morgan fingerprint density at radius 2 is 1.83 bits per heavy atom. The number of nitriles is 1. The molecule has 1 aromatic heterocycles. The van der Waals surface area contributed by atoms with Gasteiger partial charge in [-0.05, 0) is 53.8 Å². The molecule has 0 aliphatic carbocycles. The third-order valence-electron chi connectivity index (χ3n) is 6.52. The lowest BCUT2D eigenvalue weighted by Crippen LogP contribution is -2.29. The molecule has 180 valence electrons. The van der Waals surface area contributed by atoms with E-state index in [1.165, 1.54) is 12.1 Å². The number of rotatable bonds is 8. The first-order valence-electron chi connectivity index (χ1n) is 11.8. The number of Topliss-reactive ketones (excluding diaryl/α,β-unsaturated/α-hetero) is 1. The molecule has 1 amide bonds. The summed E-state index contributed by atoms with van der Waals surface area (Å²) >= 11 is 0. The predicted octanol–water partition coefficient (Wildman–Crippen LogP) is 5.29. The van der Waals surface area contributed by atoms with E-state index in [1.807, 2.05) is 30.5 Å². The first-order valence-corrected chi connectivity index (χ1v) is 11.8. The quantitative estimate of drug-likeness (QED) is 0.451. The number of fused-ring (bicyclic) bond motifs is 1. The van der Waals surface area contributed by atoms with Crippen LogP contribution < -0.4 is 5.32 Å². The fourth-order valence-corrected chi connectivity index (χ4v) is 4.49. The van der Waals surface area contributed by atoms with Gasteiger partial charge in [-0.3, -0.25) is 9.59 Å². The van der Waals surface area contributed by atoms with Gasteiger partial charge in [0.25, 0.3) is 5.91 Å². The number of nitrogens with zero attached hydrogens (tertiary/aromatic N) is 2. The number of carbonyl (C=O) groups is 2. The lowest BCUT2D eigenvalue weighted by Gasteiger charge is -2.21. The number of nitrogens with one attached hydrogen (secondary N) is 1. The molecule has 7 heteroatoms. The van der Waals surface area contributed by atoms with Crippen molar-refractivity contribution < 1.29 is 18.7 Å². The second-order valence-corrected chi connectivity index (χ2v) is 8.84. The smallest absolute Gasteiger partial charge is 0.253 e. The minimum Gasteiger partial charge on any atom is -0.373 e. The van der Waals surface area contributed by atoms with E-state index < -0.39 is 0 Å². The second kappa shape index (κ2) is 10.7. The average Bonchev–Trinajstić information content (AvgIpc) is 3.27. The molecule has 0 fully saturated rings. The van der Waals surface area contributed by atoms with Crippen molar-refractivity contribution in [2.24, 2.45) is 0 Å². The van der Waals surface area contributed by atoms with Crippen molar-refractivity contribution in [3.8, 4) is 6.07 Å². The van der Waals surface area contributed by atoms with Gasteiger partial charge in [0.1, 0.15) is 5.82 Å². The summed E-state index contributed by atoms with van der Waals surface area (Å²) in [6.07, 6.45) is 0.922. The van der Waals surface area contributed by atoms with Crippen LogP contribution >= 0.6 is 0 Å². The molecular weight excluding hydrogens is 445 g/mol. The monoisotopic (exact) mass is 473 g/mol. The van der Waals surface area contributed by atoms with Gasteiger partial charge in [0.15, 0.2) is 5.78 Å². The lowest BCUT2D eigenvalue weighted by molar-refractivity contribution is 0.0781. The Morgan fingerprint density at radius 3 is 2.49 bits per heavy atom. The number of hydrogen-bond donors (Lipinski definition) is 1. The van der Waals surface area contributed by atoms with Gasteiger partial charge in [0, 0.05) is 13.0 Å². The molecule has 4 rings (SSSR count). The van der Waals surface area contributed by atoms with E-state index in [9.17, 15) is 14.0 Å². The van der Waals surface area contributed by atoms with Crippen molar-refractivity contribution in [1.29, 1.82) is 5.26 Å². The minimum absolute atomic E-state index is 0.0665. The van der Waals surface area contributed by atoms with E-state index in [2.05, 4.69) is 11.4 Å². The fraction of sp³-hybridized carbons (Fsp3) is 0.321. The molecule has 1 aliphatic rings. The highest BCUT2D eigenvalue weighted by atomic mass is 19.1. The maximum absolute atomic E-state index is 13.3. The number of amides is 1. The Morgan fingerprint density at radius 1 is 1.14 bits per heavy atom. The highest BCUT2D eigenvalue weighted by molar-refractivity contribution is 6.01. The zero-order chi connectivity index (χ0) is 24.9. The summed E-state index contributed by atoms with van der Waals surface area (Å²) in [6.45, 7) is 5.15. The topological polar surface area (TPSA) is 84.1 Å². The highest BCUT2D eigenvalue weighted by Crippen LogP contribution is 2.27. The number of benzene rings is 2. The van der Waals surface area contributed by atoms with Crippen LogP contribution in [0.5, 0.6) is 0 Å².